The van der Waals surface area contributed by atoms with Crippen LogP contribution in [0.5, 0.6) is 0 Å². The van der Waals surface area contributed by atoms with Crippen LogP contribution >= 0.6 is 0 Å². The van der Waals surface area contributed by atoms with Crippen LogP contribution in [0.3, 0.4) is 0 Å². The zero-order valence-corrected chi connectivity index (χ0v) is 20.7. The first-order valence-electron chi connectivity index (χ1n) is 12.0. The number of nitrogens with zero attached hydrogens (tertiary/aromatic N) is 5. The second kappa shape index (κ2) is 9.39. The Hall–Kier alpha value is -4.00. The number of alkyl halides is 3. The molecule has 10 nitrogen and oxygen atoms in total. The fourth-order valence-corrected chi connectivity index (χ4v) is 4.65. The van der Waals surface area contributed by atoms with Gasteiger partial charge in [-0.2, -0.15) is 18.3 Å². The zero-order chi connectivity index (χ0) is 27.2. The summed E-state index contributed by atoms with van der Waals surface area (Å²) in [6.07, 6.45) is 3.18. The number of aliphatic carboxylic acids is 1. The van der Waals surface area contributed by atoms with E-state index in [0.29, 0.717) is 11.9 Å². The molecular formula is C25H26F3N7O3. The lowest BCUT2D eigenvalue weighted by molar-refractivity contribution is -0.192. The molecule has 0 unspecified atom stereocenters. The highest BCUT2D eigenvalue weighted by Crippen LogP contribution is 2.58. The van der Waals surface area contributed by atoms with Crippen LogP contribution in [0.1, 0.15) is 36.9 Å². The standard InChI is InChI=1S/C23H25N7O.C2HF3O2/c1-14-5-19(16-8-26-30(12-16)17-9-24-10-17)28-22(6-14)29-13-23(3-4-23)18-11-25-21(7-20(18)29)27-15(2)31;3-2(4,5)1(6)7/h5-8,11-12,17,24H,3-4,9-10,13H2,1-2H3,(H,25,27,31);(H,6,7). The number of carbonyl (C=O) groups excluding carboxylic acids is 1. The molecule has 3 aliphatic rings. The van der Waals surface area contributed by atoms with E-state index in [0.717, 1.165) is 48.0 Å². The van der Waals surface area contributed by atoms with E-state index in [9.17, 15) is 18.0 Å². The number of hydrogen-bond donors (Lipinski definition) is 3. The molecule has 1 aliphatic carbocycles. The number of fused-ring (bicyclic) bond motifs is 2. The molecule has 0 atom stereocenters. The van der Waals surface area contributed by atoms with E-state index in [2.05, 4.69) is 50.9 Å². The molecule has 38 heavy (non-hydrogen) atoms. The molecule has 0 bridgehead atoms. The summed E-state index contributed by atoms with van der Waals surface area (Å²) in [4.78, 5) is 32.2. The number of aryl methyl sites for hydroxylation is 1. The van der Waals surface area contributed by atoms with Gasteiger partial charge in [-0.05, 0) is 37.5 Å². The normalized spacial score (nSPS) is 17.3. The number of hydrogen-bond acceptors (Lipinski definition) is 7. The number of carbonyl (C=O) groups is 2. The lowest BCUT2D eigenvalue weighted by Crippen LogP contribution is -2.43. The van der Waals surface area contributed by atoms with Crippen molar-refractivity contribution in [1.29, 1.82) is 0 Å². The van der Waals surface area contributed by atoms with Crippen molar-refractivity contribution in [3.63, 3.8) is 0 Å². The van der Waals surface area contributed by atoms with E-state index in [1.807, 2.05) is 23.1 Å². The molecule has 3 N–H and O–H groups in total. The molecule has 0 aromatic carbocycles. The third kappa shape index (κ3) is 5.05. The molecule has 200 valence electrons. The minimum absolute atomic E-state index is 0.118. The van der Waals surface area contributed by atoms with Gasteiger partial charge in [0.1, 0.15) is 11.6 Å². The van der Waals surface area contributed by atoms with Gasteiger partial charge < -0.3 is 20.6 Å². The summed E-state index contributed by atoms with van der Waals surface area (Å²) in [5.41, 5.74) is 5.65. The number of rotatable bonds is 4. The first kappa shape index (κ1) is 25.6. The van der Waals surface area contributed by atoms with Crippen LogP contribution in [-0.4, -0.2) is 62.5 Å². The number of aromatic nitrogens is 4. The maximum atomic E-state index is 11.5. The molecule has 0 radical (unpaired) electrons. The fourth-order valence-electron chi connectivity index (χ4n) is 4.65. The van der Waals surface area contributed by atoms with Crippen LogP contribution in [0.4, 0.5) is 30.5 Å². The largest absolute Gasteiger partial charge is 0.490 e. The molecule has 2 aliphatic heterocycles. The predicted molar refractivity (Wildman–Crippen MR) is 132 cm³/mol. The summed E-state index contributed by atoms with van der Waals surface area (Å²) in [5.74, 6) is -1.37. The Labute approximate surface area is 215 Å². The van der Waals surface area contributed by atoms with Crippen molar-refractivity contribution in [1.82, 2.24) is 25.1 Å². The van der Waals surface area contributed by atoms with E-state index in [4.69, 9.17) is 14.9 Å². The lowest BCUT2D eigenvalue weighted by Gasteiger charge is -2.27. The number of amides is 1. The maximum Gasteiger partial charge on any atom is 0.490 e. The zero-order valence-electron chi connectivity index (χ0n) is 20.7. The van der Waals surface area contributed by atoms with Gasteiger partial charge in [0.15, 0.2) is 0 Å². The average Bonchev–Trinajstić information content (AvgIpc) is 3.29. The van der Waals surface area contributed by atoms with E-state index >= 15 is 0 Å². The highest BCUT2D eigenvalue weighted by atomic mass is 19.4. The highest BCUT2D eigenvalue weighted by molar-refractivity contribution is 5.89. The first-order chi connectivity index (χ1) is 17.9. The lowest BCUT2D eigenvalue weighted by atomic mass is 10.0. The monoisotopic (exact) mass is 529 g/mol. The molecule has 3 aromatic heterocycles. The summed E-state index contributed by atoms with van der Waals surface area (Å²) in [5, 5.41) is 17.8. The Morgan fingerprint density at radius 3 is 2.47 bits per heavy atom. The number of nitrogens with one attached hydrogen (secondary N) is 2. The third-order valence-electron chi connectivity index (χ3n) is 6.87. The highest BCUT2D eigenvalue weighted by Gasteiger charge is 2.52. The summed E-state index contributed by atoms with van der Waals surface area (Å²) < 4.78 is 33.8. The van der Waals surface area contributed by atoms with Gasteiger partial charge in [0.2, 0.25) is 5.91 Å². The summed E-state index contributed by atoms with van der Waals surface area (Å²) in [6, 6.07) is 6.66. The Balaban J connectivity index is 0.000000374. The summed E-state index contributed by atoms with van der Waals surface area (Å²) in [7, 11) is 0. The van der Waals surface area contributed by atoms with Crippen molar-refractivity contribution in [2.45, 2.75) is 44.3 Å². The molecule has 6 rings (SSSR count). The minimum Gasteiger partial charge on any atom is -0.475 e. The third-order valence-corrected chi connectivity index (χ3v) is 6.87. The summed E-state index contributed by atoms with van der Waals surface area (Å²) >= 11 is 0. The van der Waals surface area contributed by atoms with Gasteiger partial charge in [-0.3, -0.25) is 9.48 Å². The Kier molecular flexibility index (Phi) is 6.33. The smallest absolute Gasteiger partial charge is 0.475 e. The molecule has 3 aromatic rings. The number of pyridine rings is 2. The van der Waals surface area contributed by atoms with Crippen molar-refractivity contribution < 1.29 is 27.9 Å². The van der Waals surface area contributed by atoms with Crippen LogP contribution in [0, 0.1) is 6.92 Å². The molecule has 1 saturated heterocycles. The number of carboxylic acid groups (broad SMARTS) is 1. The van der Waals surface area contributed by atoms with Crippen LogP contribution < -0.4 is 15.5 Å². The Morgan fingerprint density at radius 1 is 1.18 bits per heavy atom. The minimum atomic E-state index is -5.08. The van der Waals surface area contributed by atoms with Gasteiger partial charge in [0.25, 0.3) is 0 Å². The maximum absolute atomic E-state index is 11.5. The molecule has 5 heterocycles. The van der Waals surface area contributed by atoms with Crippen LogP contribution in [0.25, 0.3) is 11.3 Å². The Morgan fingerprint density at radius 2 is 1.89 bits per heavy atom. The van der Waals surface area contributed by atoms with Crippen LogP contribution in [0.2, 0.25) is 0 Å². The average molecular weight is 530 g/mol. The topological polar surface area (TPSA) is 125 Å². The molecule has 1 spiro atoms. The molecular weight excluding hydrogens is 503 g/mol. The quantitative estimate of drug-likeness (QED) is 0.469. The molecule has 13 heteroatoms. The predicted octanol–water partition coefficient (Wildman–Crippen LogP) is 3.57. The van der Waals surface area contributed by atoms with Gasteiger partial charge >= 0.3 is 12.1 Å². The number of carboxylic acids is 1. The second-order valence-corrected chi connectivity index (χ2v) is 9.85. The van der Waals surface area contributed by atoms with Crippen molar-refractivity contribution in [3.05, 3.63) is 47.9 Å². The fraction of sp³-hybridized carbons (Fsp3) is 0.400. The number of anilines is 3. The molecule has 1 amide bonds. The SMILES string of the molecule is CC(=O)Nc1cc2c(cn1)C1(CC1)CN2c1cc(C)cc(-c2cnn(C3CNC3)c2)n1.O=C(O)C(F)(F)F. The number of halogens is 3. The molecule has 2 fully saturated rings. The molecule has 1 saturated carbocycles. The van der Waals surface area contributed by atoms with Gasteiger partial charge in [-0.25, -0.2) is 14.8 Å². The van der Waals surface area contributed by atoms with Crippen LogP contribution in [0.15, 0.2) is 36.8 Å². The van der Waals surface area contributed by atoms with E-state index in [1.54, 1.807) is 0 Å². The van der Waals surface area contributed by atoms with Gasteiger partial charge in [0.05, 0.1) is 23.6 Å². The van der Waals surface area contributed by atoms with Crippen molar-refractivity contribution in [2.24, 2.45) is 0 Å². The Bertz CT molecular complexity index is 1400. The van der Waals surface area contributed by atoms with E-state index in [1.165, 1.54) is 25.3 Å². The van der Waals surface area contributed by atoms with E-state index < -0.39 is 12.1 Å². The van der Waals surface area contributed by atoms with Crippen molar-refractivity contribution >= 4 is 29.2 Å². The van der Waals surface area contributed by atoms with Crippen LogP contribution in [-0.2, 0) is 15.0 Å². The van der Waals surface area contributed by atoms with E-state index in [-0.39, 0.29) is 11.3 Å². The second-order valence-electron chi connectivity index (χ2n) is 9.85. The van der Waals surface area contributed by atoms with Gasteiger partial charge in [-0.15, -0.1) is 0 Å². The van der Waals surface area contributed by atoms with Crippen molar-refractivity contribution in [2.75, 3.05) is 29.9 Å². The summed E-state index contributed by atoms with van der Waals surface area (Å²) in [6.45, 7) is 6.43. The van der Waals surface area contributed by atoms with Gasteiger partial charge in [0, 0.05) is 61.6 Å². The van der Waals surface area contributed by atoms with Crippen molar-refractivity contribution in [3.8, 4) is 11.3 Å². The van der Waals surface area contributed by atoms with Gasteiger partial charge in [-0.1, -0.05) is 0 Å². The first-order valence-corrected chi connectivity index (χ1v) is 12.0.